The molecule has 0 heterocycles. The van der Waals surface area contributed by atoms with Crippen LogP contribution in [0.25, 0.3) is 10.8 Å². The SMILES string of the molecule is Cc1cc2cc3c(cc2cc1C)C3. The Kier molecular flexibility index (Phi) is 1.17. The summed E-state index contributed by atoms with van der Waals surface area (Å²) in [6, 6.07) is 9.25. The van der Waals surface area contributed by atoms with Crippen LogP contribution >= 0.6 is 0 Å². The van der Waals surface area contributed by atoms with Gasteiger partial charge in [0.05, 0.1) is 0 Å². The van der Waals surface area contributed by atoms with Crippen molar-refractivity contribution in [3.05, 3.63) is 46.5 Å². The third-order valence-electron chi connectivity index (χ3n) is 3.03. The molecule has 0 bridgehead atoms. The maximum Gasteiger partial charge on any atom is -0.00196 e. The summed E-state index contributed by atoms with van der Waals surface area (Å²) in [5.41, 5.74) is 5.87. The lowest BCUT2D eigenvalue weighted by atomic mass is 10.0. The van der Waals surface area contributed by atoms with Crippen molar-refractivity contribution < 1.29 is 0 Å². The van der Waals surface area contributed by atoms with Crippen molar-refractivity contribution in [1.29, 1.82) is 0 Å². The standard InChI is InChI=1S/C13H12/c1-8-3-10-5-12-7-13(12)6-11(10)4-9(8)2/h3-6H,7H2,1-2H3. The van der Waals surface area contributed by atoms with Crippen LogP contribution in [0, 0.1) is 13.8 Å². The van der Waals surface area contributed by atoms with Gasteiger partial charge in [-0.3, -0.25) is 0 Å². The van der Waals surface area contributed by atoms with E-state index in [0.717, 1.165) is 0 Å². The molecule has 0 aromatic heterocycles. The summed E-state index contributed by atoms with van der Waals surface area (Å²) in [5, 5.41) is 2.80. The first kappa shape index (κ1) is 7.14. The Labute approximate surface area is 78.2 Å². The predicted octanol–water partition coefficient (Wildman–Crippen LogP) is 3.36. The van der Waals surface area contributed by atoms with E-state index in [2.05, 4.69) is 38.1 Å². The highest BCUT2D eigenvalue weighted by Gasteiger charge is 2.16. The first-order chi connectivity index (χ1) is 6.24. The summed E-state index contributed by atoms with van der Waals surface area (Å²) in [6.07, 6.45) is 1.22. The van der Waals surface area contributed by atoms with Crippen molar-refractivity contribution in [2.75, 3.05) is 0 Å². The van der Waals surface area contributed by atoms with Gasteiger partial charge < -0.3 is 0 Å². The highest BCUT2D eigenvalue weighted by Crippen LogP contribution is 2.33. The Morgan fingerprint density at radius 1 is 0.769 bits per heavy atom. The molecule has 3 rings (SSSR count). The molecule has 0 unspecified atom stereocenters. The van der Waals surface area contributed by atoms with Crippen molar-refractivity contribution in [1.82, 2.24) is 0 Å². The Morgan fingerprint density at radius 2 is 1.23 bits per heavy atom. The largest absolute Gasteiger partial charge is 0.0512 e. The summed E-state index contributed by atoms with van der Waals surface area (Å²) in [6.45, 7) is 4.36. The molecule has 0 saturated carbocycles. The molecule has 0 aliphatic heterocycles. The quantitative estimate of drug-likeness (QED) is 0.483. The van der Waals surface area contributed by atoms with Crippen LogP contribution in [-0.2, 0) is 6.42 Å². The number of hydrogen-bond acceptors (Lipinski definition) is 0. The van der Waals surface area contributed by atoms with Crippen molar-refractivity contribution in [3.8, 4) is 0 Å². The fourth-order valence-electron chi connectivity index (χ4n) is 1.93. The first-order valence-electron chi connectivity index (χ1n) is 4.77. The van der Waals surface area contributed by atoms with Gasteiger partial charge in [0, 0.05) is 0 Å². The lowest BCUT2D eigenvalue weighted by Crippen LogP contribution is -1.80. The highest BCUT2D eigenvalue weighted by molar-refractivity contribution is 5.87. The predicted molar refractivity (Wildman–Crippen MR) is 56.2 cm³/mol. The molecule has 0 atom stereocenters. The molecule has 64 valence electrons. The van der Waals surface area contributed by atoms with E-state index in [9.17, 15) is 0 Å². The normalized spacial score (nSPS) is 13.1. The van der Waals surface area contributed by atoms with E-state index >= 15 is 0 Å². The molecule has 0 nitrogen and oxygen atoms in total. The lowest BCUT2D eigenvalue weighted by Gasteiger charge is -2.02. The molecule has 2 aromatic carbocycles. The summed E-state index contributed by atoms with van der Waals surface area (Å²) in [7, 11) is 0. The third kappa shape index (κ3) is 0.983. The Balaban J connectivity index is 2.43. The molecule has 0 radical (unpaired) electrons. The van der Waals surface area contributed by atoms with Gasteiger partial charge >= 0.3 is 0 Å². The van der Waals surface area contributed by atoms with Gasteiger partial charge in [-0.15, -0.1) is 0 Å². The molecule has 0 heteroatoms. The van der Waals surface area contributed by atoms with Gasteiger partial charge in [0.25, 0.3) is 0 Å². The van der Waals surface area contributed by atoms with Crippen LogP contribution in [0.1, 0.15) is 22.3 Å². The minimum Gasteiger partial charge on any atom is -0.0512 e. The van der Waals surface area contributed by atoms with Crippen molar-refractivity contribution in [2.24, 2.45) is 0 Å². The molecular weight excluding hydrogens is 156 g/mol. The molecular formula is C13H12. The van der Waals surface area contributed by atoms with E-state index in [1.54, 1.807) is 0 Å². The van der Waals surface area contributed by atoms with Crippen LogP contribution in [-0.4, -0.2) is 0 Å². The minimum atomic E-state index is 1.22. The van der Waals surface area contributed by atoms with Crippen LogP contribution in [0.15, 0.2) is 24.3 Å². The minimum absolute atomic E-state index is 1.22. The third-order valence-corrected chi connectivity index (χ3v) is 3.03. The molecule has 0 fully saturated rings. The Bertz CT molecular complexity index is 460. The van der Waals surface area contributed by atoms with E-state index in [1.165, 1.54) is 39.4 Å². The second-order valence-corrected chi connectivity index (χ2v) is 4.08. The maximum atomic E-state index is 2.33. The number of benzene rings is 2. The maximum absolute atomic E-state index is 2.33. The summed E-state index contributed by atoms with van der Waals surface area (Å²) in [4.78, 5) is 0. The average molecular weight is 168 g/mol. The van der Waals surface area contributed by atoms with Crippen molar-refractivity contribution in [3.63, 3.8) is 0 Å². The van der Waals surface area contributed by atoms with E-state index in [1.807, 2.05) is 0 Å². The van der Waals surface area contributed by atoms with E-state index in [0.29, 0.717) is 0 Å². The number of rotatable bonds is 0. The monoisotopic (exact) mass is 168 g/mol. The summed E-state index contributed by atoms with van der Waals surface area (Å²) >= 11 is 0. The van der Waals surface area contributed by atoms with Crippen LogP contribution in [0.4, 0.5) is 0 Å². The van der Waals surface area contributed by atoms with Gasteiger partial charge in [-0.2, -0.15) is 0 Å². The van der Waals surface area contributed by atoms with Gasteiger partial charge in [-0.25, -0.2) is 0 Å². The van der Waals surface area contributed by atoms with Crippen LogP contribution in [0.5, 0.6) is 0 Å². The average Bonchev–Trinajstić information content (AvgIpc) is 2.80. The topological polar surface area (TPSA) is 0 Å². The molecule has 0 amide bonds. The highest BCUT2D eigenvalue weighted by atomic mass is 14.2. The van der Waals surface area contributed by atoms with Crippen molar-refractivity contribution >= 4 is 10.8 Å². The fraction of sp³-hybridized carbons (Fsp3) is 0.231. The second kappa shape index (κ2) is 2.14. The summed E-state index contributed by atoms with van der Waals surface area (Å²) in [5.74, 6) is 0. The Hall–Kier alpha value is -1.30. The van der Waals surface area contributed by atoms with E-state index < -0.39 is 0 Å². The van der Waals surface area contributed by atoms with Crippen LogP contribution in [0.3, 0.4) is 0 Å². The zero-order valence-electron chi connectivity index (χ0n) is 8.02. The molecule has 1 aliphatic rings. The van der Waals surface area contributed by atoms with Gasteiger partial charge in [-0.1, -0.05) is 24.3 Å². The fourth-order valence-corrected chi connectivity index (χ4v) is 1.93. The zero-order valence-corrected chi connectivity index (χ0v) is 8.02. The molecule has 0 N–H and O–H groups in total. The van der Waals surface area contributed by atoms with Crippen molar-refractivity contribution in [2.45, 2.75) is 20.3 Å². The molecule has 0 saturated heterocycles. The van der Waals surface area contributed by atoms with Gasteiger partial charge in [0.15, 0.2) is 0 Å². The molecule has 0 spiro atoms. The first-order valence-corrected chi connectivity index (χ1v) is 4.77. The number of hydrogen-bond donors (Lipinski definition) is 0. The number of fused-ring (bicyclic) bond motifs is 2. The molecule has 1 aliphatic carbocycles. The van der Waals surface area contributed by atoms with Gasteiger partial charge in [-0.05, 0) is 53.3 Å². The number of aryl methyl sites for hydroxylation is 2. The Morgan fingerprint density at radius 3 is 1.69 bits per heavy atom. The zero-order chi connectivity index (χ0) is 9.00. The van der Waals surface area contributed by atoms with Gasteiger partial charge in [0.2, 0.25) is 0 Å². The second-order valence-electron chi connectivity index (χ2n) is 4.08. The van der Waals surface area contributed by atoms with E-state index in [4.69, 9.17) is 0 Å². The summed E-state index contributed by atoms with van der Waals surface area (Å²) < 4.78 is 0. The smallest absolute Gasteiger partial charge is 0.00196 e. The van der Waals surface area contributed by atoms with E-state index in [-0.39, 0.29) is 0 Å². The van der Waals surface area contributed by atoms with Crippen LogP contribution in [0.2, 0.25) is 0 Å². The lowest BCUT2D eigenvalue weighted by molar-refractivity contribution is 1.37. The molecule has 2 aromatic rings. The van der Waals surface area contributed by atoms with Gasteiger partial charge in [0.1, 0.15) is 0 Å². The van der Waals surface area contributed by atoms with Crippen LogP contribution < -0.4 is 0 Å². The molecule has 13 heavy (non-hydrogen) atoms.